The van der Waals surface area contributed by atoms with Crippen LogP contribution in [-0.2, 0) is 5.41 Å². The molecule has 6 heteroatoms. The van der Waals surface area contributed by atoms with Crippen LogP contribution in [0.5, 0.6) is 11.5 Å². The Morgan fingerprint density at radius 2 is 1.06 bits per heavy atom. The summed E-state index contributed by atoms with van der Waals surface area (Å²) in [5, 5.41) is 4.69. The molecule has 4 heterocycles. The number of nitrogens with zero attached hydrogens (tertiary/aromatic N) is 4. The van der Waals surface area contributed by atoms with Crippen LogP contribution in [0.15, 0.2) is 206 Å². The van der Waals surface area contributed by atoms with Gasteiger partial charge in [-0.3, -0.25) is 4.57 Å². The molecule has 64 heavy (non-hydrogen) atoms. The van der Waals surface area contributed by atoms with Gasteiger partial charge in [-0.25, -0.2) is 4.98 Å². The second-order valence-corrected chi connectivity index (χ2v) is 17.7. The maximum atomic E-state index is 6.82. The minimum Gasteiger partial charge on any atom is -0.457 e. The first-order valence-electron chi connectivity index (χ1n) is 21.6. The van der Waals surface area contributed by atoms with Gasteiger partial charge < -0.3 is 4.74 Å². The molecule has 0 radical (unpaired) electrons. The second-order valence-electron chi connectivity index (χ2n) is 16.7. The Hall–Kier alpha value is -8.19. The van der Waals surface area contributed by atoms with Crippen molar-refractivity contribution >= 4 is 53.3 Å². The summed E-state index contributed by atoms with van der Waals surface area (Å²) in [6.45, 7) is 0. The number of ether oxygens (including phenoxy) is 1. The van der Waals surface area contributed by atoms with Crippen LogP contribution in [0.3, 0.4) is 0 Å². The molecular formula is C58H34N4OS. The lowest BCUT2D eigenvalue weighted by atomic mass is 9.65. The molecule has 3 aromatic heterocycles. The third kappa shape index (κ3) is 4.91. The van der Waals surface area contributed by atoms with E-state index in [0.29, 0.717) is 17.6 Å². The number of hydrogen-bond donors (Lipinski definition) is 0. The summed E-state index contributed by atoms with van der Waals surface area (Å²) in [6, 6.07) is 73.6. The van der Waals surface area contributed by atoms with Crippen LogP contribution in [0.25, 0.3) is 93.0 Å². The first-order valence-corrected chi connectivity index (χ1v) is 22.4. The highest BCUT2D eigenvalue weighted by Crippen LogP contribution is 2.63. The molecule has 298 valence electrons. The fourth-order valence-electron chi connectivity index (χ4n) is 10.6. The normalized spacial score (nSPS) is 14.8. The van der Waals surface area contributed by atoms with Gasteiger partial charge in [0.15, 0.2) is 11.6 Å². The Labute approximate surface area is 372 Å². The first-order chi connectivity index (χ1) is 31.7. The molecule has 9 aromatic carbocycles. The maximum absolute atomic E-state index is 6.82. The number of rotatable bonds is 4. The van der Waals surface area contributed by atoms with E-state index in [1.165, 1.54) is 43.3 Å². The van der Waals surface area contributed by atoms with Crippen molar-refractivity contribution in [1.29, 1.82) is 0 Å². The topological polar surface area (TPSA) is 52.8 Å². The standard InChI is InChI=1S/C58H34N4OS/c1-3-16-35(17-4-1)37-30-31-52-48(32-37)58(46-26-11-13-28-51(46)63-52)45-25-10-7-20-38(45)43-34-50-44(33-47(43)58)39-21-8-12-27-49(39)62(50)57-60-55(36-18-5-2-6-19-36)59-56(61-57)42-24-15-23-41-40-22-9-14-29-53(40)64-54(41)42/h1-34H. The SMILES string of the molecule is c1ccc(-c2ccc3c(c2)C2(c4ccccc4O3)c3ccccc3-c3cc4c(cc32)c2ccccc2n4-c2nc(-c3ccccc3)nc(-c3cccc4c3sc3ccccc34)n2)cc1. The largest absolute Gasteiger partial charge is 0.457 e. The summed E-state index contributed by atoms with van der Waals surface area (Å²) < 4.78 is 11.5. The molecule has 0 N–H and O–H groups in total. The van der Waals surface area contributed by atoms with Crippen molar-refractivity contribution in [3.05, 3.63) is 229 Å². The van der Waals surface area contributed by atoms with E-state index in [4.69, 9.17) is 19.7 Å². The highest BCUT2D eigenvalue weighted by atomic mass is 32.1. The molecule has 2 aliphatic rings. The summed E-state index contributed by atoms with van der Waals surface area (Å²) in [5.41, 5.74) is 12.7. The molecular weight excluding hydrogens is 801 g/mol. The minimum atomic E-state index is -0.651. The second kappa shape index (κ2) is 13.4. The van der Waals surface area contributed by atoms with Crippen LogP contribution in [0, 0.1) is 0 Å². The average molecular weight is 835 g/mol. The number of para-hydroxylation sites is 2. The summed E-state index contributed by atoms with van der Waals surface area (Å²) in [5.74, 6) is 3.57. The Kier molecular flexibility index (Phi) is 7.42. The zero-order valence-corrected chi connectivity index (χ0v) is 35.1. The van der Waals surface area contributed by atoms with E-state index in [1.54, 1.807) is 11.3 Å². The van der Waals surface area contributed by atoms with Crippen molar-refractivity contribution in [1.82, 2.24) is 19.5 Å². The number of fused-ring (bicyclic) bond motifs is 15. The lowest BCUT2D eigenvalue weighted by Crippen LogP contribution is -2.32. The molecule has 12 aromatic rings. The van der Waals surface area contributed by atoms with Crippen LogP contribution < -0.4 is 4.74 Å². The molecule has 5 nitrogen and oxygen atoms in total. The Morgan fingerprint density at radius 1 is 0.391 bits per heavy atom. The summed E-state index contributed by atoms with van der Waals surface area (Å²) >= 11 is 1.78. The summed E-state index contributed by atoms with van der Waals surface area (Å²) in [6.07, 6.45) is 0. The average Bonchev–Trinajstić information content (AvgIpc) is 4.00. The monoisotopic (exact) mass is 834 g/mol. The highest BCUT2D eigenvalue weighted by molar-refractivity contribution is 7.26. The highest BCUT2D eigenvalue weighted by Gasteiger charge is 2.51. The molecule has 0 bridgehead atoms. The molecule has 0 amide bonds. The van der Waals surface area contributed by atoms with Gasteiger partial charge in [-0.15, -0.1) is 11.3 Å². The Bertz CT molecular complexity index is 3890. The minimum absolute atomic E-state index is 0.573. The quantitative estimate of drug-likeness (QED) is 0.177. The van der Waals surface area contributed by atoms with Crippen LogP contribution in [0.1, 0.15) is 22.3 Å². The van der Waals surface area contributed by atoms with Gasteiger partial charge in [0, 0.05) is 53.2 Å². The third-order valence-electron chi connectivity index (χ3n) is 13.3. The van der Waals surface area contributed by atoms with Gasteiger partial charge in [0.25, 0.3) is 0 Å². The maximum Gasteiger partial charge on any atom is 0.238 e. The van der Waals surface area contributed by atoms with Gasteiger partial charge in [-0.2, -0.15) is 9.97 Å². The number of hydrogen-bond acceptors (Lipinski definition) is 5. The van der Waals surface area contributed by atoms with E-state index in [-0.39, 0.29) is 0 Å². The Morgan fingerprint density at radius 3 is 1.94 bits per heavy atom. The van der Waals surface area contributed by atoms with Crippen LogP contribution >= 0.6 is 11.3 Å². The van der Waals surface area contributed by atoms with Crippen LogP contribution in [0.2, 0.25) is 0 Å². The summed E-state index contributed by atoms with van der Waals surface area (Å²) in [7, 11) is 0. The predicted octanol–water partition coefficient (Wildman–Crippen LogP) is 14.8. The third-order valence-corrected chi connectivity index (χ3v) is 14.6. The number of thiophene rings is 1. The zero-order chi connectivity index (χ0) is 41.9. The van der Waals surface area contributed by atoms with E-state index in [1.807, 2.05) is 18.2 Å². The van der Waals surface area contributed by atoms with Crippen molar-refractivity contribution < 1.29 is 4.74 Å². The first kappa shape index (κ1) is 35.4. The van der Waals surface area contributed by atoms with Gasteiger partial charge in [-0.05, 0) is 81.9 Å². The van der Waals surface area contributed by atoms with Crippen molar-refractivity contribution in [3.8, 4) is 62.5 Å². The zero-order valence-electron chi connectivity index (χ0n) is 34.2. The predicted molar refractivity (Wildman–Crippen MR) is 261 cm³/mol. The van der Waals surface area contributed by atoms with E-state index in [9.17, 15) is 0 Å². The molecule has 1 unspecified atom stereocenters. The fraction of sp³-hybridized carbons (Fsp3) is 0.0172. The molecule has 14 rings (SSSR count). The summed E-state index contributed by atoms with van der Waals surface area (Å²) in [4.78, 5) is 16.0. The van der Waals surface area contributed by atoms with E-state index < -0.39 is 5.41 Å². The van der Waals surface area contributed by atoms with Crippen molar-refractivity contribution in [2.24, 2.45) is 0 Å². The van der Waals surface area contributed by atoms with Gasteiger partial charge in [0.05, 0.1) is 16.4 Å². The lowest BCUT2D eigenvalue weighted by molar-refractivity contribution is 0.436. The molecule has 1 atom stereocenters. The van der Waals surface area contributed by atoms with Gasteiger partial charge in [0.2, 0.25) is 5.95 Å². The van der Waals surface area contributed by atoms with Crippen molar-refractivity contribution in [2.75, 3.05) is 0 Å². The van der Waals surface area contributed by atoms with Gasteiger partial charge >= 0.3 is 0 Å². The van der Waals surface area contributed by atoms with Gasteiger partial charge in [0.1, 0.15) is 11.5 Å². The molecule has 0 fully saturated rings. The van der Waals surface area contributed by atoms with E-state index in [2.05, 4.69) is 193 Å². The fourth-order valence-corrected chi connectivity index (χ4v) is 11.8. The molecule has 0 saturated heterocycles. The van der Waals surface area contributed by atoms with Crippen molar-refractivity contribution in [2.45, 2.75) is 5.41 Å². The van der Waals surface area contributed by atoms with Crippen LogP contribution in [0.4, 0.5) is 0 Å². The molecule has 1 aliphatic heterocycles. The van der Waals surface area contributed by atoms with E-state index in [0.717, 1.165) is 65.8 Å². The smallest absolute Gasteiger partial charge is 0.238 e. The number of aromatic nitrogens is 4. The van der Waals surface area contributed by atoms with Gasteiger partial charge in [-0.1, -0.05) is 158 Å². The lowest BCUT2D eigenvalue weighted by Gasteiger charge is -2.39. The molecule has 1 aliphatic carbocycles. The van der Waals surface area contributed by atoms with Crippen molar-refractivity contribution in [3.63, 3.8) is 0 Å². The van der Waals surface area contributed by atoms with Crippen LogP contribution in [-0.4, -0.2) is 19.5 Å². The van der Waals surface area contributed by atoms with E-state index >= 15 is 0 Å². The number of benzene rings is 9. The molecule has 0 saturated carbocycles. The molecule has 1 spiro atoms. The Balaban J connectivity index is 1.07.